The lowest BCUT2D eigenvalue weighted by atomic mass is 9.86. The highest BCUT2D eigenvalue weighted by atomic mass is 35.5. The van der Waals surface area contributed by atoms with Crippen LogP contribution in [0.25, 0.3) is 0 Å². The molecular formula is C23H18Cl2N3O3. The average molecular weight is 455 g/mol. The molecular weight excluding hydrogens is 437 g/mol. The van der Waals surface area contributed by atoms with Crippen molar-refractivity contribution in [1.29, 1.82) is 0 Å². The van der Waals surface area contributed by atoms with Crippen LogP contribution >= 0.6 is 23.2 Å². The topological polar surface area (TPSA) is 88.2 Å². The Morgan fingerprint density at radius 2 is 1.58 bits per heavy atom. The van der Waals surface area contributed by atoms with Gasteiger partial charge in [-0.1, -0.05) is 35.3 Å². The van der Waals surface area contributed by atoms with Crippen molar-refractivity contribution in [3.8, 4) is 0 Å². The molecule has 31 heavy (non-hydrogen) atoms. The van der Waals surface area contributed by atoms with Gasteiger partial charge in [0.05, 0.1) is 21.7 Å². The molecule has 6 nitrogen and oxygen atoms in total. The van der Waals surface area contributed by atoms with Gasteiger partial charge in [-0.05, 0) is 61.9 Å². The monoisotopic (exact) mass is 454 g/mol. The number of rotatable bonds is 6. The number of pyridine rings is 1. The molecule has 1 aromatic heterocycles. The molecule has 0 aliphatic carbocycles. The highest BCUT2D eigenvalue weighted by Crippen LogP contribution is 2.24. The van der Waals surface area contributed by atoms with Gasteiger partial charge in [-0.2, -0.15) is 0 Å². The highest BCUT2D eigenvalue weighted by Gasteiger charge is 2.21. The van der Waals surface area contributed by atoms with E-state index in [9.17, 15) is 14.4 Å². The zero-order valence-electron chi connectivity index (χ0n) is 16.7. The van der Waals surface area contributed by atoms with Crippen molar-refractivity contribution >= 4 is 52.8 Å². The third-order valence-corrected chi connectivity index (χ3v) is 5.03. The van der Waals surface area contributed by atoms with Gasteiger partial charge in [0.25, 0.3) is 11.8 Å². The predicted octanol–water partition coefficient (Wildman–Crippen LogP) is 5.28. The third kappa shape index (κ3) is 5.48. The molecule has 2 N–H and O–H groups in total. The van der Waals surface area contributed by atoms with E-state index in [2.05, 4.69) is 15.6 Å². The summed E-state index contributed by atoms with van der Waals surface area (Å²) in [7, 11) is 0. The third-order valence-electron chi connectivity index (χ3n) is 4.57. The lowest BCUT2D eigenvalue weighted by Gasteiger charge is -2.16. The lowest BCUT2D eigenvalue weighted by molar-refractivity contribution is 0.102. The first-order valence-electron chi connectivity index (χ1n) is 9.23. The number of benzene rings is 2. The number of nitrogens with one attached hydrogen (secondary N) is 2. The Hall–Kier alpha value is -3.22. The number of amides is 2. The molecule has 157 valence electrons. The Balaban J connectivity index is 1.81. The van der Waals surface area contributed by atoms with Crippen molar-refractivity contribution < 1.29 is 14.4 Å². The Kier molecular flexibility index (Phi) is 6.73. The van der Waals surface area contributed by atoms with E-state index in [0.717, 1.165) is 5.56 Å². The van der Waals surface area contributed by atoms with Crippen LogP contribution < -0.4 is 10.6 Å². The first-order valence-corrected chi connectivity index (χ1v) is 9.99. The van der Waals surface area contributed by atoms with Gasteiger partial charge < -0.3 is 10.6 Å². The van der Waals surface area contributed by atoms with Gasteiger partial charge in [0.15, 0.2) is 0 Å². The van der Waals surface area contributed by atoms with Crippen LogP contribution in [0.3, 0.4) is 0 Å². The predicted molar refractivity (Wildman–Crippen MR) is 122 cm³/mol. The molecule has 0 fully saturated rings. The van der Waals surface area contributed by atoms with Crippen LogP contribution in [0.4, 0.5) is 11.5 Å². The van der Waals surface area contributed by atoms with Gasteiger partial charge in [-0.25, -0.2) is 4.98 Å². The van der Waals surface area contributed by atoms with Crippen LogP contribution in [0.2, 0.25) is 10.0 Å². The van der Waals surface area contributed by atoms with Crippen molar-refractivity contribution in [2.45, 2.75) is 19.3 Å². The Bertz CT molecular complexity index is 1130. The van der Waals surface area contributed by atoms with Crippen LogP contribution in [-0.2, 0) is 10.2 Å². The fourth-order valence-corrected chi connectivity index (χ4v) is 3.02. The molecule has 2 aromatic carbocycles. The van der Waals surface area contributed by atoms with E-state index in [4.69, 9.17) is 23.2 Å². The van der Waals surface area contributed by atoms with Crippen molar-refractivity contribution in [2.75, 3.05) is 10.6 Å². The Labute approximate surface area is 189 Å². The number of halogens is 2. The standard InChI is InChI=1S/C23H18Cl2N3O3/c1-23(2,13-29)15-5-3-14(4-6-15)21(30)27-19-9-7-16(24)11-18(19)22(31)28-20-10-8-17(25)12-26-20/h3-12H,1-2H3,(H,27,30)(H,26,28,31). The molecule has 0 bridgehead atoms. The average Bonchev–Trinajstić information content (AvgIpc) is 2.76. The highest BCUT2D eigenvalue weighted by molar-refractivity contribution is 6.31. The van der Waals surface area contributed by atoms with E-state index >= 15 is 0 Å². The van der Waals surface area contributed by atoms with Gasteiger partial charge >= 0.3 is 0 Å². The molecule has 8 heteroatoms. The fraction of sp³-hybridized carbons (Fsp3) is 0.130. The van der Waals surface area contributed by atoms with Gasteiger partial charge in [0.1, 0.15) is 5.82 Å². The first-order chi connectivity index (χ1) is 14.7. The molecule has 1 heterocycles. The lowest BCUT2D eigenvalue weighted by Crippen LogP contribution is -2.20. The summed E-state index contributed by atoms with van der Waals surface area (Å²) in [6.45, 7) is 3.48. The summed E-state index contributed by atoms with van der Waals surface area (Å²) in [6.07, 6.45) is 3.38. The van der Waals surface area contributed by atoms with E-state index in [1.807, 2.05) is 6.29 Å². The summed E-state index contributed by atoms with van der Waals surface area (Å²) in [5.74, 6) is -0.608. The summed E-state index contributed by atoms with van der Waals surface area (Å²) >= 11 is 11.9. The minimum atomic E-state index is -0.772. The summed E-state index contributed by atoms with van der Waals surface area (Å²) < 4.78 is 0. The molecule has 0 aliphatic heterocycles. The number of hydrogen-bond acceptors (Lipinski definition) is 4. The van der Waals surface area contributed by atoms with Gasteiger partial charge in [0, 0.05) is 16.8 Å². The normalized spacial score (nSPS) is 11.0. The van der Waals surface area contributed by atoms with Gasteiger partial charge in [-0.3, -0.25) is 14.4 Å². The van der Waals surface area contributed by atoms with Crippen molar-refractivity contribution in [2.24, 2.45) is 0 Å². The van der Waals surface area contributed by atoms with E-state index < -0.39 is 17.2 Å². The SMILES string of the molecule is CC(C)([C]=O)c1ccc(C(=O)Nc2ccc(Cl)cc2C(=O)Nc2ccc(Cl)cn2)cc1. The molecule has 3 aromatic rings. The summed E-state index contributed by atoms with van der Waals surface area (Å²) in [5, 5.41) is 6.14. The molecule has 0 aliphatic rings. The first kappa shape index (κ1) is 22.5. The molecule has 0 saturated carbocycles. The molecule has 0 saturated heterocycles. The summed E-state index contributed by atoms with van der Waals surface area (Å²) in [5.41, 5.74) is 0.788. The van der Waals surface area contributed by atoms with E-state index in [-0.39, 0.29) is 11.3 Å². The van der Waals surface area contributed by atoms with Crippen LogP contribution in [0.5, 0.6) is 0 Å². The molecule has 0 spiro atoms. The Morgan fingerprint density at radius 3 is 2.19 bits per heavy atom. The van der Waals surface area contributed by atoms with Gasteiger partial charge in [-0.15, -0.1) is 0 Å². The number of aromatic nitrogens is 1. The van der Waals surface area contributed by atoms with Crippen LogP contribution in [0.15, 0.2) is 60.8 Å². The zero-order chi connectivity index (χ0) is 22.6. The van der Waals surface area contributed by atoms with E-state index in [1.165, 1.54) is 12.3 Å². The van der Waals surface area contributed by atoms with Crippen LogP contribution in [0, 0.1) is 0 Å². The van der Waals surface area contributed by atoms with E-state index in [0.29, 0.717) is 21.4 Å². The fourth-order valence-electron chi connectivity index (χ4n) is 2.74. The minimum Gasteiger partial charge on any atom is -0.321 e. The maximum Gasteiger partial charge on any atom is 0.258 e. The van der Waals surface area contributed by atoms with E-state index in [1.54, 1.807) is 62.4 Å². The number of anilines is 2. The second-order valence-corrected chi connectivity index (χ2v) is 8.14. The molecule has 0 unspecified atom stereocenters. The summed E-state index contributed by atoms with van der Waals surface area (Å²) in [6, 6.07) is 14.3. The second-order valence-electron chi connectivity index (χ2n) is 7.26. The van der Waals surface area contributed by atoms with Crippen LogP contribution in [0.1, 0.15) is 40.1 Å². The molecule has 0 atom stereocenters. The largest absolute Gasteiger partial charge is 0.321 e. The van der Waals surface area contributed by atoms with Crippen LogP contribution in [-0.4, -0.2) is 23.1 Å². The second kappa shape index (κ2) is 9.29. The van der Waals surface area contributed by atoms with Crippen molar-refractivity contribution in [1.82, 2.24) is 4.98 Å². The summed E-state index contributed by atoms with van der Waals surface area (Å²) in [4.78, 5) is 40.6. The number of hydrogen-bond donors (Lipinski definition) is 2. The maximum atomic E-state index is 12.7. The van der Waals surface area contributed by atoms with Crippen molar-refractivity contribution in [3.63, 3.8) is 0 Å². The quantitative estimate of drug-likeness (QED) is 0.530. The zero-order valence-corrected chi connectivity index (χ0v) is 18.2. The number of carbonyl (C=O) groups is 2. The van der Waals surface area contributed by atoms with Crippen molar-refractivity contribution in [3.05, 3.63) is 87.5 Å². The molecule has 2 amide bonds. The number of carbonyl (C=O) groups excluding carboxylic acids is 3. The maximum absolute atomic E-state index is 12.7. The molecule has 1 radical (unpaired) electrons. The Morgan fingerprint density at radius 1 is 0.903 bits per heavy atom. The smallest absolute Gasteiger partial charge is 0.258 e. The molecule has 3 rings (SSSR count). The van der Waals surface area contributed by atoms with Gasteiger partial charge in [0.2, 0.25) is 6.29 Å². The minimum absolute atomic E-state index is 0.172. The number of nitrogens with zero attached hydrogens (tertiary/aromatic N) is 1.